The molecule has 2 heterocycles. The summed E-state index contributed by atoms with van der Waals surface area (Å²) >= 11 is 0. The third-order valence-corrected chi connectivity index (χ3v) is 5.15. The van der Waals surface area contributed by atoms with Crippen molar-refractivity contribution < 1.29 is 28.6 Å². The number of halogens is 1. The highest BCUT2D eigenvalue weighted by atomic mass is 19.1. The standard InChI is InChI=1S/C18H22FNO5/c1-10-8-12(5-6-14(10)19)25-16-13(4-3-7-21)11(2)15-9-24-18(23)20(15)17(16)22/h5-6,8,11,13,15-16,21H,3-4,7,9H2,1-2H3/t11?,13?,15-,16-/m1/s1. The average Bonchev–Trinajstić information content (AvgIpc) is 2.97. The molecule has 2 aliphatic heterocycles. The van der Waals surface area contributed by atoms with Gasteiger partial charge in [-0.1, -0.05) is 6.92 Å². The molecule has 4 atom stereocenters. The molecular weight excluding hydrogens is 329 g/mol. The maximum atomic E-state index is 13.5. The number of carbonyl (C=O) groups excluding carboxylic acids is 2. The molecule has 0 saturated carbocycles. The van der Waals surface area contributed by atoms with E-state index in [4.69, 9.17) is 14.6 Å². The Morgan fingerprint density at radius 2 is 2.16 bits per heavy atom. The second kappa shape index (κ2) is 7.00. The second-order valence-electron chi connectivity index (χ2n) is 6.69. The number of aliphatic hydroxyl groups excluding tert-OH is 1. The molecule has 0 aliphatic carbocycles. The SMILES string of the molecule is Cc1cc(O[C@H]2C(=O)N3C(=O)OC[C@@H]3C(C)C2CCCO)ccc1F. The first kappa shape index (κ1) is 17.7. The zero-order valence-electron chi connectivity index (χ0n) is 14.3. The first-order valence-corrected chi connectivity index (χ1v) is 8.47. The maximum Gasteiger partial charge on any atom is 0.417 e. The van der Waals surface area contributed by atoms with Crippen LogP contribution >= 0.6 is 0 Å². The largest absolute Gasteiger partial charge is 0.480 e. The van der Waals surface area contributed by atoms with Crippen molar-refractivity contribution in [3.8, 4) is 5.75 Å². The Kier molecular flexibility index (Phi) is 4.94. The van der Waals surface area contributed by atoms with Crippen LogP contribution in [0, 0.1) is 24.6 Å². The van der Waals surface area contributed by atoms with E-state index in [0.29, 0.717) is 24.2 Å². The molecule has 0 radical (unpaired) electrons. The van der Waals surface area contributed by atoms with E-state index >= 15 is 0 Å². The summed E-state index contributed by atoms with van der Waals surface area (Å²) in [5.41, 5.74) is 0.416. The molecule has 1 aromatic carbocycles. The van der Waals surface area contributed by atoms with Gasteiger partial charge in [-0.3, -0.25) is 4.79 Å². The Bertz CT molecular complexity index is 679. The van der Waals surface area contributed by atoms with Crippen molar-refractivity contribution >= 4 is 12.0 Å². The molecule has 2 aliphatic rings. The van der Waals surface area contributed by atoms with Gasteiger partial charge in [0.25, 0.3) is 5.91 Å². The number of amides is 2. The van der Waals surface area contributed by atoms with E-state index in [2.05, 4.69) is 0 Å². The molecule has 1 N–H and O–H groups in total. The normalized spacial score (nSPS) is 28.7. The van der Waals surface area contributed by atoms with E-state index in [1.54, 1.807) is 6.92 Å². The van der Waals surface area contributed by atoms with Gasteiger partial charge in [0.15, 0.2) is 6.10 Å². The summed E-state index contributed by atoms with van der Waals surface area (Å²) < 4.78 is 24.4. The molecule has 2 fully saturated rings. The monoisotopic (exact) mass is 351 g/mol. The van der Waals surface area contributed by atoms with Gasteiger partial charge in [0.1, 0.15) is 18.2 Å². The van der Waals surface area contributed by atoms with Crippen molar-refractivity contribution in [2.45, 2.75) is 38.8 Å². The zero-order valence-corrected chi connectivity index (χ0v) is 14.3. The van der Waals surface area contributed by atoms with Crippen LogP contribution in [0.1, 0.15) is 25.3 Å². The quantitative estimate of drug-likeness (QED) is 0.881. The topological polar surface area (TPSA) is 76.1 Å². The first-order chi connectivity index (χ1) is 11.9. The van der Waals surface area contributed by atoms with Crippen LogP contribution in [-0.2, 0) is 9.53 Å². The summed E-state index contributed by atoms with van der Waals surface area (Å²) in [5.74, 6) is -0.598. The number of rotatable bonds is 5. The van der Waals surface area contributed by atoms with E-state index in [1.807, 2.05) is 6.92 Å². The molecule has 2 amide bonds. The molecule has 0 aromatic heterocycles. The summed E-state index contributed by atoms with van der Waals surface area (Å²) in [6.45, 7) is 3.78. The molecule has 7 heteroatoms. The van der Waals surface area contributed by atoms with E-state index in [0.717, 1.165) is 4.90 Å². The number of cyclic esters (lactones) is 1. The van der Waals surface area contributed by atoms with Crippen LogP contribution in [0.3, 0.4) is 0 Å². The zero-order chi connectivity index (χ0) is 18.1. The Hall–Kier alpha value is -2.15. The molecule has 2 unspecified atom stereocenters. The number of piperidine rings is 1. The minimum absolute atomic E-state index is 0.0175. The van der Waals surface area contributed by atoms with Crippen molar-refractivity contribution in [1.82, 2.24) is 4.90 Å². The van der Waals surface area contributed by atoms with Crippen molar-refractivity contribution in [3.05, 3.63) is 29.6 Å². The number of hydrogen-bond acceptors (Lipinski definition) is 5. The van der Waals surface area contributed by atoms with Gasteiger partial charge < -0.3 is 14.6 Å². The highest BCUT2D eigenvalue weighted by molar-refractivity contribution is 5.97. The predicted molar refractivity (Wildman–Crippen MR) is 86.5 cm³/mol. The van der Waals surface area contributed by atoms with E-state index in [9.17, 15) is 14.0 Å². The van der Waals surface area contributed by atoms with Gasteiger partial charge in [0.05, 0.1) is 6.04 Å². The van der Waals surface area contributed by atoms with Gasteiger partial charge in [-0.05, 0) is 49.4 Å². The average molecular weight is 351 g/mol. The summed E-state index contributed by atoms with van der Waals surface area (Å²) in [6, 6.07) is 3.98. The second-order valence-corrected chi connectivity index (χ2v) is 6.69. The summed E-state index contributed by atoms with van der Waals surface area (Å²) in [4.78, 5) is 25.9. The van der Waals surface area contributed by atoms with Crippen LogP contribution in [0.2, 0.25) is 0 Å². The van der Waals surface area contributed by atoms with Gasteiger partial charge in [0, 0.05) is 12.5 Å². The molecule has 3 rings (SSSR count). The maximum absolute atomic E-state index is 13.5. The fourth-order valence-electron chi connectivity index (χ4n) is 3.67. The van der Waals surface area contributed by atoms with Crippen LogP contribution in [0.5, 0.6) is 5.75 Å². The minimum Gasteiger partial charge on any atom is -0.480 e. The lowest BCUT2D eigenvalue weighted by Crippen LogP contribution is -2.59. The Morgan fingerprint density at radius 1 is 1.40 bits per heavy atom. The third-order valence-electron chi connectivity index (χ3n) is 5.15. The third kappa shape index (κ3) is 3.20. The fourth-order valence-corrected chi connectivity index (χ4v) is 3.67. The minimum atomic E-state index is -0.867. The molecule has 6 nitrogen and oxygen atoms in total. The molecule has 0 spiro atoms. The predicted octanol–water partition coefficient (Wildman–Crippen LogP) is 2.27. The number of imide groups is 1. The van der Waals surface area contributed by atoms with E-state index in [1.165, 1.54) is 18.2 Å². The van der Waals surface area contributed by atoms with E-state index < -0.39 is 18.1 Å². The summed E-state index contributed by atoms with van der Waals surface area (Å²) in [6.07, 6.45) is -0.390. The molecule has 1 aromatic rings. The number of ether oxygens (including phenoxy) is 2. The van der Waals surface area contributed by atoms with Gasteiger partial charge in [-0.25, -0.2) is 14.1 Å². The number of aliphatic hydroxyl groups is 1. The van der Waals surface area contributed by atoms with Crippen LogP contribution < -0.4 is 4.74 Å². The number of benzene rings is 1. The molecular formula is C18H22FNO5. The number of nitrogens with zero attached hydrogens (tertiary/aromatic N) is 1. The fraction of sp³-hybridized carbons (Fsp3) is 0.556. The number of fused-ring (bicyclic) bond motifs is 1. The van der Waals surface area contributed by atoms with E-state index in [-0.39, 0.29) is 36.9 Å². The van der Waals surface area contributed by atoms with Crippen molar-refractivity contribution in [2.24, 2.45) is 11.8 Å². The lowest BCUT2D eigenvalue weighted by atomic mass is 9.76. The van der Waals surface area contributed by atoms with Gasteiger partial charge in [-0.15, -0.1) is 0 Å². The first-order valence-electron chi connectivity index (χ1n) is 8.47. The van der Waals surface area contributed by atoms with Crippen LogP contribution in [0.4, 0.5) is 9.18 Å². The lowest BCUT2D eigenvalue weighted by Gasteiger charge is -2.42. The molecule has 0 bridgehead atoms. The summed E-state index contributed by atoms with van der Waals surface area (Å²) in [5, 5.41) is 9.16. The molecule has 2 saturated heterocycles. The highest BCUT2D eigenvalue weighted by Gasteiger charge is 2.53. The number of aryl methyl sites for hydroxylation is 1. The lowest BCUT2D eigenvalue weighted by molar-refractivity contribution is -0.148. The van der Waals surface area contributed by atoms with Gasteiger partial charge >= 0.3 is 6.09 Å². The highest BCUT2D eigenvalue weighted by Crippen LogP contribution is 2.38. The van der Waals surface area contributed by atoms with Crippen molar-refractivity contribution in [2.75, 3.05) is 13.2 Å². The number of carbonyl (C=O) groups is 2. The van der Waals surface area contributed by atoms with Crippen LogP contribution in [0.25, 0.3) is 0 Å². The molecule has 25 heavy (non-hydrogen) atoms. The number of hydrogen-bond donors (Lipinski definition) is 1. The Morgan fingerprint density at radius 3 is 2.84 bits per heavy atom. The van der Waals surface area contributed by atoms with Crippen molar-refractivity contribution in [3.63, 3.8) is 0 Å². The Labute approximate surface area is 145 Å². The summed E-state index contributed by atoms with van der Waals surface area (Å²) in [7, 11) is 0. The van der Waals surface area contributed by atoms with Crippen molar-refractivity contribution in [1.29, 1.82) is 0 Å². The van der Waals surface area contributed by atoms with Crippen LogP contribution in [0.15, 0.2) is 18.2 Å². The molecule has 136 valence electrons. The Balaban J connectivity index is 1.89. The smallest absolute Gasteiger partial charge is 0.417 e. The van der Waals surface area contributed by atoms with Crippen LogP contribution in [-0.4, -0.2) is 47.4 Å². The van der Waals surface area contributed by atoms with Gasteiger partial charge in [-0.2, -0.15) is 0 Å². The van der Waals surface area contributed by atoms with Gasteiger partial charge in [0.2, 0.25) is 0 Å².